The van der Waals surface area contributed by atoms with Crippen LogP contribution in [0.2, 0.25) is 5.15 Å². The van der Waals surface area contributed by atoms with Gasteiger partial charge in [-0.25, -0.2) is 4.52 Å². The summed E-state index contributed by atoms with van der Waals surface area (Å²) in [6, 6.07) is 4.76. The first-order chi connectivity index (χ1) is 7.38. The van der Waals surface area contributed by atoms with Crippen molar-refractivity contribution in [2.45, 2.75) is 12.6 Å². The number of nitrogens with zero attached hydrogens (tertiary/aromatic N) is 2. The largest absolute Gasteiger partial charge is 0.393 e. The number of alkyl halides is 3. The van der Waals surface area contributed by atoms with E-state index in [1.54, 1.807) is 40.8 Å². The number of pyridine rings is 1. The Morgan fingerprint density at radius 1 is 1.38 bits per heavy atom. The summed E-state index contributed by atoms with van der Waals surface area (Å²) < 4.78 is 38.7. The number of aromatic nitrogens is 2. The summed E-state index contributed by atoms with van der Waals surface area (Å²) in [5.74, 6) is 0. The van der Waals surface area contributed by atoms with Crippen LogP contribution in [0.15, 0.2) is 18.2 Å². The molecule has 2 heterocycles. The Morgan fingerprint density at radius 3 is 2.69 bits per heavy atom. The maximum Gasteiger partial charge on any atom is 0.393 e. The van der Waals surface area contributed by atoms with Crippen molar-refractivity contribution >= 4 is 39.7 Å². The van der Waals surface area contributed by atoms with Crippen LogP contribution in [0.4, 0.5) is 13.2 Å². The fourth-order valence-corrected chi connectivity index (χ4v) is 2.31. The summed E-state index contributed by atoms with van der Waals surface area (Å²) in [5.41, 5.74) is 0.560. The molecule has 7 heteroatoms. The second-order valence-electron chi connectivity index (χ2n) is 3.21. The van der Waals surface area contributed by atoms with Crippen molar-refractivity contribution in [2.75, 3.05) is 0 Å². The Morgan fingerprint density at radius 2 is 2.06 bits per heavy atom. The molecule has 0 unspecified atom stereocenters. The van der Waals surface area contributed by atoms with Gasteiger partial charge in [-0.15, -0.1) is 0 Å². The van der Waals surface area contributed by atoms with E-state index >= 15 is 0 Å². The first-order valence-corrected chi connectivity index (χ1v) is 5.72. The Kier molecular flexibility index (Phi) is 3.04. The van der Waals surface area contributed by atoms with Gasteiger partial charge in [-0.2, -0.15) is 18.3 Å². The molecule has 0 saturated carbocycles. The van der Waals surface area contributed by atoms with Crippen LogP contribution < -0.4 is 0 Å². The molecule has 0 fully saturated rings. The normalized spacial score (nSPS) is 12.3. The van der Waals surface area contributed by atoms with Crippen molar-refractivity contribution in [2.24, 2.45) is 0 Å². The Hall–Kier alpha value is -0.500. The highest BCUT2D eigenvalue weighted by atomic mass is 127. The molecule has 0 atom stereocenters. The number of hydrogen-bond acceptors (Lipinski definition) is 1. The summed E-state index contributed by atoms with van der Waals surface area (Å²) in [7, 11) is 0. The first-order valence-electron chi connectivity index (χ1n) is 4.27. The zero-order valence-corrected chi connectivity index (χ0v) is 10.6. The van der Waals surface area contributed by atoms with E-state index in [0.29, 0.717) is 14.4 Å². The van der Waals surface area contributed by atoms with Crippen molar-refractivity contribution in [3.63, 3.8) is 0 Å². The molecule has 2 nitrogen and oxygen atoms in total. The zero-order valence-electron chi connectivity index (χ0n) is 7.72. The van der Waals surface area contributed by atoms with E-state index < -0.39 is 12.6 Å². The number of hydrogen-bond donors (Lipinski definition) is 0. The van der Waals surface area contributed by atoms with E-state index in [2.05, 4.69) is 5.10 Å². The third kappa shape index (κ3) is 2.27. The SMILES string of the molecule is FC(F)(F)Cc1c(I)nn2c(Cl)cccc12. The fourth-order valence-electron chi connectivity index (χ4n) is 1.42. The minimum absolute atomic E-state index is 0.163. The lowest BCUT2D eigenvalue weighted by atomic mass is 10.2. The average Bonchev–Trinajstić information content (AvgIpc) is 2.44. The van der Waals surface area contributed by atoms with Gasteiger partial charge in [0.2, 0.25) is 0 Å². The van der Waals surface area contributed by atoms with Crippen molar-refractivity contribution in [1.29, 1.82) is 0 Å². The molecule has 0 aliphatic heterocycles. The van der Waals surface area contributed by atoms with Crippen molar-refractivity contribution in [1.82, 2.24) is 9.61 Å². The van der Waals surface area contributed by atoms with E-state index in [1.807, 2.05) is 0 Å². The minimum atomic E-state index is -4.24. The molecule has 2 rings (SSSR count). The van der Waals surface area contributed by atoms with Crippen LogP contribution in [0.3, 0.4) is 0 Å². The monoisotopic (exact) mass is 360 g/mol. The third-order valence-electron chi connectivity index (χ3n) is 2.04. The lowest BCUT2D eigenvalue weighted by Gasteiger charge is -2.05. The maximum absolute atomic E-state index is 12.4. The molecule has 0 aromatic carbocycles. The Bertz CT molecular complexity index is 535. The van der Waals surface area contributed by atoms with Gasteiger partial charge in [0.25, 0.3) is 0 Å². The predicted molar refractivity (Wildman–Crippen MR) is 62.7 cm³/mol. The van der Waals surface area contributed by atoms with Crippen LogP contribution in [0, 0.1) is 3.70 Å². The van der Waals surface area contributed by atoms with Gasteiger partial charge in [0.1, 0.15) is 8.85 Å². The molecule has 0 saturated heterocycles. The molecule has 2 aromatic rings. The molecule has 16 heavy (non-hydrogen) atoms. The van der Waals surface area contributed by atoms with Gasteiger partial charge in [0.05, 0.1) is 11.9 Å². The van der Waals surface area contributed by atoms with E-state index in [0.717, 1.165) is 0 Å². The van der Waals surface area contributed by atoms with Crippen LogP contribution in [0.5, 0.6) is 0 Å². The second-order valence-corrected chi connectivity index (χ2v) is 4.62. The number of fused-ring (bicyclic) bond motifs is 1. The zero-order chi connectivity index (χ0) is 11.9. The Balaban J connectivity index is 2.61. The molecule has 2 aromatic heterocycles. The van der Waals surface area contributed by atoms with E-state index in [4.69, 9.17) is 11.6 Å². The second kappa shape index (κ2) is 4.06. The van der Waals surface area contributed by atoms with E-state index in [9.17, 15) is 13.2 Å². The average molecular weight is 361 g/mol. The van der Waals surface area contributed by atoms with Crippen LogP contribution in [0.1, 0.15) is 5.56 Å². The van der Waals surface area contributed by atoms with Gasteiger partial charge >= 0.3 is 6.18 Å². The maximum atomic E-state index is 12.4. The molecule has 0 bridgehead atoms. The molecule has 0 amide bonds. The lowest BCUT2D eigenvalue weighted by molar-refractivity contribution is -0.127. The standard InChI is InChI=1S/C9H5ClF3IN2/c10-7-3-1-2-6-5(4-9(11,12)13)8(14)15-16(6)7/h1-3H,4H2. The van der Waals surface area contributed by atoms with Gasteiger partial charge in [0, 0.05) is 5.56 Å². The fraction of sp³-hybridized carbons (Fsp3) is 0.222. The smallest absolute Gasteiger partial charge is 0.221 e. The van der Waals surface area contributed by atoms with Crippen molar-refractivity contribution in [3.05, 3.63) is 32.6 Å². The van der Waals surface area contributed by atoms with Gasteiger partial charge in [-0.05, 0) is 34.7 Å². The summed E-state index contributed by atoms with van der Waals surface area (Å²) in [4.78, 5) is 0. The van der Waals surface area contributed by atoms with Gasteiger partial charge < -0.3 is 0 Å². The topological polar surface area (TPSA) is 17.3 Å². The molecule has 0 radical (unpaired) electrons. The molecule has 86 valence electrons. The predicted octanol–water partition coefficient (Wildman–Crippen LogP) is 3.70. The first kappa shape index (κ1) is 12.0. The molecule has 0 N–H and O–H groups in total. The van der Waals surface area contributed by atoms with Gasteiger partial charge in [0.15, 0.2) is 0 Å². The number of halogens is 5. The molecule has 0 spiro atoms. The molecule has 0 aliphatic rings. The van der Waals surface area contributed by atoms with E-state index in [1.165, 1.54) is 4.52 Å². The summed E-state index contributed by atoms with van der Waals surface area (Å²) in [6.45, 7) is 0. The van der Waals surface area contributed by atoms with Crippen LogP contribution in [-0.4, -0.2) is 15.8 Å². The summed E-state index contributed by atoms with van der Waals surface area (Å²) in [6.07, 6.45) is -5.24. The highest BCUT2D eigenvalue weighted by molar-refractivity contribution is 14.1. The van der Waals surface area contributed by atoms with Crippen LogP contribution in [-0.2, 0) is 6.42 Å². The molecule has 0 aliphatic carbocycles. The lowest BCUT2D eigenvalue weighted by Crippen LogP contribution is -2.12. The quantitative estimate of drug-likeness (QED) is 0.560. The van der Waals surface area contributed by atoms with Gasteiger partial charge in [-0.3, -0.25) is 0 Å². The van der Waals surface area contributed by atoms with Crippen LogP contribution >= 0.6 is 34.2 Å². The minimum Gasteiger partial charge on any atom is -0.221 e. The molecular weight excluding hydrogens is 355 g/mol. The highest BCUT2D eigenvalue weighted by Gasteiger charge is 2.31. The molecular formula is C9H5ClF3IN2. The van der Waals surface area contributed by atoms with Crippen molar-refractivity contribution in [3.8, 4) is 0 Å². The number of rotatable bonds is 1. The van der Waals surface area contributed by atoms with Gasteiger partial charge in [-0.1, -0.05) is 17.7 Å². The summed E-state index contributed by atoms with van der Waals surface area (Å²) in [5, 5.41) is 4.26. The Labute approximate surface area is 108 Å². The highest BCUT2D eigenvalue weighted by Crippen LogP contribution is 2.28. The van der Waals surface area contributed by atoms with Crippen LogP contribution in [0.25, 0.3) is 5.52 Å². The van der Waals surface area contributed by atoms with Crippen molar-refractivity contribution < 1.29 is 13.2 Å². The third-order valence-corrected chi connectivity index (χ3v) is 3.19. The van der Waals surface area contributed by atoms with E-state index in [-0.39, 0.29) is 5.56 Å². The summed E-state index contributed by atoms with van der Waals surface area (Å²) >= 11 is 7.61.